The summed E-state index contributed by atoms with van der Waals surface area (Å²) in [6.45, 7) is 1.89. The smallest absolute Gasteiger partial charge is 0.250 e. The Labute approximate surface area is 105 Å². The van der Waals surface area contributed by atoms with E-state index >= 15 is 0 Å². The summed E-state index contributed by atoms with van der Waals surface area (Å²) < 4.78 is 18.5. The van der Waals surface area contributed by atoms with Gasteiger partial charge in [0.15, 0.2) is 11.6 Å². The molecule has 1 heterocycles. The van der Waals surface area contributed by atoms with E-state index in [9.17, 15) is 9.18 Å². The van der Waals surface area contributed by atoms with Crippen LogP contribution in [0, 0.1) is 11.7 Å². The molecule has 96 valence electrons. The molecule has 1 aliphatic heterocycles. The van der Waals surface area contributed by atoms with E-state index in [1.54, 1.807) is 6.07 Å². The molecule has 1 aromatic carbocycles. The molecule has 2 N–H and O–H groups in total. The second kappa shape index (κ2) is 3.60. The van der Waals surface area contributed by atoms with Crippen molar-refractivity contribution in [2.45, 2.75) is 25.3 Å². The van der Waals surface area contributed by atoms with Crippen molar-refractivity contribution in [2.24, 2.45) is 5.92 Å². The Balaban J connectivity index is 2.02. The molecular formula is C13H15FN2O2. The highest BCUT2D eigenvalue weighted by molar-refractivity contribution is 6.06. The molecule has 0 aromatic heterocycles. The maximum atomic E-state index is 13.6. The van der Waals surface area contributed by atoms with E-state index in [1.165, 1.54) is 13.2 Å². The molecule has 1 atom stereocenters. The van der Waals surface area contributed by atoms with Crippen LogP contribution in [0.4, 0.5) is 15.8 Å². The van der Waals surface area contributed by atoms with E-state index in [0.29, 0.717) is 17.3 Å². The summed E-state index contributed by atoms with van der Waals surface area (Å²) in [4.78, 5) is 12.1. The lowest BCUT2D eigenvalue weighted by Crippen LogP contribution is -2.51. The van der Waals surface area contributed by atoms with Gasteiger partial charge in [0.05, 0.1) is 18.5 Å². The van der Waals surface area contributed by atoms with Crippen LogP contribution in [-0.2, 0) is 4.79 Å². The summed E-state index contributed by atoms with van der Waals surface area (Å²) in [7, 11) is 1.42. The van der Waals surface area contributed by atoms with Gasteiger partial charge in [-0.3, -0.25) is 4.79 Å². The van der Waals surface area contributed by atoms with Crippen LogP contribution in [0.25, 0.3) is 0 Å². The van der Waals surface area contributed by atoms with E-state index in [0.717, 1.165) is 12.8 Å². The van der Waals surface area contributed by atoms with E-state index in [2.05, 4.69) is 10.6 Å². The largest absolute Gasteiger partial charge is 0.494 e. The second-order valence-corrected chi connectivity index (χ2v) is 5.09. The lowest BCUT2D eigenvalue weighted by atomic mass is 9.91. The first-order chi connectivity index (χ1) is 8.54. The Kier molecular flexibility index (Phi) is 2.27. The van der Waals surface area contributed by atoms with Crippen molar-refractivity contribution in [3.8, 4) is 5.75 Å². The fourth-order valence-electron chi connectivity index (χ4n) is 2.45. The Morgan fingerprint density at radius 2 is 2.11 bits per heavy atom. The van der Waals surface area contributed by atoms with Crippen LogP contribution in [-0.4, -0.2) is 18.6 Å². The summed E-state index contributed by atoms with van der Waals surface area (Å²) in [5.74, 6) is -0.0484. The summed E-state index contributed by atoms with van der Waals surface area (Å²) in [6, 6.07) is 2.87. The maximum Gasteiger partial charge on any atom is 0.250 e. The summed E-state index contributed by atoms with van der Waals surface area (Å²) in [6.07, 6.45) is 2.09. The number of amides is 1. The molecule has 4 nitrogen and oxygen atoms in total. The van der Waals surface area contributed by atoms with Gasteiger partial charge in [-0.2, -0.15) is 0 Å². The molecule has 3 rings (SSSR count). The van der Waals surface area contributed by atoms with Gasteiger partial charge >= 0.3 is 0 Å². The molecule has 1 aromatic rings. The number of hydrogen-bond acceptors (Lipinski definition) is 3. The van der Waals surface area contributed by atoms with Crippen molar-refractivity contribution < 1.29 is 13.9 Å². The third-order valence-corrected chi connectivity index (χ3v) is 3.80. The Morgan fingerprint density at radius 3 is 2.72 bits per heavy atom. The van der Waals surface area contributed by atoms with Gasteiger partial charge in [0.2, 0.25) is 5.91 Å². The first kappa shape index (κ1) is 11.3. The molecule has 0 saturated heterocycles. The van der Waals surface area contributed by atoms with Crippen molar-refractivity contribution in [3.05, 3.63) is 17.9 Å². The summed E-state index contributed by atoms with van der Waals surface area (Å²) in [5, 5.41) is 6.00. The molecule has 1 amide bonds. The molecule has 5 heteroatoms. The number of fused-ring (bicyclic) bond motifs is 1. The Hall–Kier alpha value is -1.78. The van der Waals surface area contributed by atoms with Crippen molar-refractivity contribution in [1.82, 2.24) is 0 Å². The van der Waals surface area contributed by atoms with Crippen molar-refractivity contribution in [1.29, 1.82) is 0 Å². The van der Waals surface area contributed by atoms with E-state index in [-0.39, 0.29) is 11.7 Å². The van der Waals surface area contributed by atoms with Crippen LogP contribution < -0.4 is 15.4 Å². The van der Waals surface area contributed by atoms with Crippen molar-refractivity contribution in [3.63, 3.8) is 0 Å². The molecule has 18 heavy (non-hydrogen) atoms. The number of halogens is 1. The number of anilines is 2. The van der Waals surface area contributed by atoms with E-state index < -0.39 is 11.4 Å². The predicted octanol–water partition coefficient (Wildman–Crippen LogP) is 2.37. The third kappa shape index (κ3) is 1.54. The molecule has 1 saturated carbocycles. The minimum absolute atomic E-state index is 0.0953. The Morgan fingerprint density at radius 1 is 1.39 bits per heavy atom. The molecule has 1 unspecified atom stereocenters. The second-order valence-electron chi connectivity index (χ2n) is 5.09. The first-order valence-corrected chi connectivity index (χ1v) is 6.02. The monoisotopic (exact) mass is 250 g/mol. The normalized spacial score (nSPS) is 26.1. The number of ether oxygens (including phenoxy) is 1. The van der Waals surface area contributed by atoms with Crippen LogP contribution in [0.5, 0.6) is 5.75 Å². The third-order valence-electron chi connectivity index (χ3n) is 3.80. The minimum Gasteiger partial charge on any atom is -0.494 e. The molecule has 2 aliphatic rings. The standard InChI is InChI=1S/C13H15FN2O2/c1-13(7-3-4-7)12(17)15-9-5-8(14)11(18-2)6-10(9)16-13/h5-7,16H,3-4H2,1-2H3,(H,15,17). The van der Waals surface area contributed by atoms with E-state index in [1.807, 2.05) is 6.92 Å². The van der Waals surface area contributed by atoms with Crippen molar-refractivity contribution in [2.75, 3.05) is 17.7 Å². The molecule has 0 spiro atoms. The number of benzene rings is 1. The highest BCUT2D eigenvalue weighted by Gasteiger charge is 2.49. The topological polar surface area (TPSA) is 50.4 Å². The van der Waals surface area contributed by atoms with Crippen LogP contribution in [0.1, 0.15) is 19.8 Å². The first-order valence-electron chi connectivity index (χ1n) is 6.02. The summed E-state index contributed by atoms with van der Waals surface area (Å²) in [5.41, 5.74) is 0.578. The lowest BCUT2D eigenvalue weighted by Gasteiger charge is -2.36. The predicted molar refractivity (Wildman–Crippen MR) is 66.3 cm³/mol. The molecular weight excluding hydrogens is 235 g/mol. The zero-order valence-electron chi connectivity index (χ0n) is 10.3. The molecule has 1 fully saturated rings. The average molecular weight is 250 g/mol. The summed E-state index contributed by atoms with van der Waals surface area (Å²) >= 11 is 0. The highest BCUT2D eigenvalue weighted by Crippen LogP contribution is 2.46. The fraction of sp³-hybridized carbons (Fsp3) is 0.462. The number of rotatable bonds is 2. The maximum absolute atomic E-state index is 13.6. The van der Waals surface area contributed by atoms with Gasteiger partial charge in [-0.15, -0.1) is 0 Å². The van der Waals surface area contributed by atoms with Crippen LogP contribution in [0.15, 0.2) is 12.1 Å². The zero-order chi connectivity index (χ0) is 12.9. The number of carbonyl (C=O) groups is 1. The van der Waals surface area contributed by atoms with Gasteiger partial charge in [-0.25, -0.2) is 4.39 Å². The minimum atomic E-state index is -0.601. The number of nitrogens with one attached hydrogen (secondary N) is 2. The quantitative estimate of drug-likeness (QED) is 0.847. The van der Waals surface area contributed by atoms with Crippen LogP contribution in [0.2, 0.25) is 0 Å². The van der Waals surface area contributed by atoms with Gasteiger partial charge in [-0.05, 0) is 25.7 Å². The Bertz CT molecular complexity index is 528. The number of hydrogen-bond donors (Lipinski definition) is 2. The van der Waals surface area contributed by atoms with Crippen LogP contribution in [0.3, 0.4) is 0 Å². The number of methoxy groups -OCH3 is 1. The molecule has 0 radical (unpaired) electrons. The molecule has 1 aliphatic carbocycles. The van der Waals surface area contributed by atoms with Gasteiger partial charge < -0.3 is 15.4 Å². The van der Waals surface area contributed by atoms with Crippen LogP contribution >= 0.6 is 0 Å². The van der Waals surface area contributed by atoms with Gasteiger partial charge in [0.1, 0.15) is 5.54 Å². The van der Waals surface area contributed by atoms with E-state index in [4.69, 9.17) is 4.74 Å². The van der Waals surface area contributed by atoms with Gasteiger partial charge in [-0.1, -0.05) is 0 Å². The van der Waals surface area contributed by atoms with Gasteiger partial charge in [0.25, 0.3) is 0 Å². The number of carbonyl (C=O) groups excluding carboxylic acids is 1. The average Bonchev–Trinajstić information content (AvgIpc) is 3.15. The molecule has 0 bridgehead atoms. The SMILES string of the molecule is COc1cc2c(cc1F)NC(=O)C(C)(C1CC1)N2. The lowest BCUT2D eigenvalue weighted by molar-refractivity contribution is -0.120. The fourth-order valence-corrected chi connectivity index (χ4v) is 2.45. The zero-order valence-corrected chi connectivity index (χ0v) is 10.3. The highest BCUT2D eigenvalue weighted by atomic mass is 19.1. The van der Waals surface area contributed by atoms with Crippen molar-refractivity contribution >= 4 is 17.3 Å². The van der Waals surface area contributed by atoms with Gasteiger partial charge in [0, 0.05) is 12.1 Å².